The molecule has 4 rings (SSSR count). The smallest absolute Gasteiger partial charge is 0.257 e. The number of aromatic nitrogens is 5. The predicted molar refractivity (Wildman–Crippen MR) is 114 cm³/mol. The second-order valence-electron chi connectivity index (χ2n) is 6.61. The minimum Gasteiger partial charge on any atom is -0.297 e. The summed E-state index contributed by atoms with van der Waals surface area (Å²) < 4.78 is 6.01. The largest absolute Gasteiger partial charge is 0.297 e. The van der Waals surface area contributed by atoms with Gasteiger partial charge in [0.05, 0.1) is 11.4 Å². The Labute approximate surface area is 176 Å². The third-order valence-electron chi connectivity index (χ3n) is 4.47. The molecule has 146 valence electrons. The lowest BCUT2D eigenvalue weighted by Crippen LogP contribution is -2.11. The Morgan fingerprint density at radius 3 is 2.59 bits per heavy atom. The molecule has 0 aliphatic heterocycles. The summed E-state index contributed by atoms with van der Waals surface area (Å²) in [6.07, 6.45) is 0. The Morgan fingerprint density at radius 2 is 1.86 bits per heavy atom. The van der Waals surface area contributed by atoms with E-state index >= 15 is 0 Å². The summed E-state index contributed by atoms with van der Waals surface area (Å²) in [5, 5.41) is 12.3. The third-order valence-corrected chi connectivity index (χ3v) is 5.50. The fraction of sp³-hybridized carbons (Fsp3) is 0.150. The number of anilines is 1. The van der Waals surface area contributed by atoms with E-state index in [9.17, 15) is 4.79 Å². The number of aryl methyl sites for hydroxylation is 2. The van der Waals surface area contributed by atoms with E-state index in [4.69, 9.17) is 11.6 Å². The van der Waals surface area contributed by atoms with Gasteiger partial charge in [-0.05, 0) is 50.6 Å². The number of hydrogen-bond donors (Lipinski definition) is 1. The highest BCUT2D eigenvalue weighted by molar-refractivity contribution is 7.10. The Bertz CT molecular complexity index is 1200. The molecule has 0 atom stereocenters. The quantitative estimate of drug-likeness (QED) is 0.516. The molecule has 2 heterocycles. The number of hydrogen-bond acceptors (Lipinski definition) is 6. The van der Waals surface area contributed by atoms with Crippen LogP contribution in [-0.2, 0) is 0 Å². The Hall–Kier alpha value is -3.10. The van der Waals surface area contributed by atoms with Gasteiger partial charge in [-0.25, -0.2) is 4.68 Å². The Morgan fingerprint density at radius 1 is 1.10 bits per heavy atom. The summed E-state index contributed by atoms with van der Waals surface area (Å²) in [6, 6.07) is 13.0. The van der Waals surface area contributed by atoms with E-state index in [0.29, 0.717) is 27.2 Å². The van der Waals surface area contributed by atoms with Crippen molar-refractivity contribution >= 4 is 34.2 Å². The standard InChI is InChI=1S/C20H17ClN6OS/c1-11-4-7-14(8-5-11)19(28)23-20-22-18(25-29-20)17-13(3)27(26-24-17)15-9-6-12(2)16(21)10-15/h4-10H,1-3H3,(H,22,23,25,28). The van der Waals surface area contributed by atoms with Crippen LogP contribution in [0, 0.1) is 20.8 Å². The Kier molecular flexibility index (Phi) is 5.12. The van der Waals surface area contributed by atoms with Gasteiger partial charge in [0.2, 0.25) is 5.13 Å². The first-order valence-corrected chi connectivity index (χ1v) is 9.98. The average Bonchev–Trinajstić information content (AvgIpc) is 3.31. The van der Waals surface area contributed by atoms with Crippen molar-refractivity contribution < 1.29 is 4.79 Å². The molecule has 0 aliphatic rings. The molecule has 0 aliphatic carbocycles. The normalized spacial score (nSPS) is 10.9. The van der Waals surface area contributed by atoms with Crippen molar-refractivity contribution in [3.63, 3.8) is 0 Å². The van der Waals surface area contributed by atoms with Gasteiger partial charge in [-0.1, -0.05) is 40.6 Å². The molecule has 0 spiro atoms. The fourth-order valence-corrected chi connectivity index (χ4v) is 3.48. The van der Waals surface area contributed by atoms with Crippen LogP contribution in [0.4, 0.5) is 5.13 Å². The molecule has 0 unspecified atom stereocenters. The molecule has 9 heteroatoms. The van der Waals surface area contributed by atoms with E-state index in [0.717, 1.165) is 34.0 Å². The lowest BCUT2D eigenvalue weighted by Gasteiger charge is -2.05. The van der Waals surface area contributed by atoms with Crippen LogP contribution in [0.15, 0.2) is 42.5 Å². The molecule has 2 aromatic carbocycles. The molecular formula is C20H17ClN6OS. The van der Waals surface area contributed by atoms with Crippen LogP contribution in [0.5, 0.6) is 0 Å². The predicted octanol–water partition coefficient (Wildman–Crippen LogP) is 4.62. The van der Waals surface area contributed by atoms with Crippen LogP contribution < -0.4 is 5.32 Å². The van der Waals surface area contributed by atoms with Crippen LogP contribution in [0.3, 0.4) is 0 Å². The summed E-state index contributed by atoms with van der Waals surface area (Å²) in [5.41, 5.74) is 4.77. The molecule has 7 nitrogen and oxygen atoms in total. The number of carbonyl (C=O) groups excluding carboxylic acids is 1. The maximum Gasteiger partial charge on any atom is 0.257 e. The molecule has 4 aromatic rings. The molecule has 0 radical (unpaired) electrons. The number of rotatable bonds is 4. The monoisotopic (exact) mass is 424 g/mol. The number of benzene rings is 2. The van der Waals surface area contributed by atoms with Gasteiger partial charge in [-0.3, -0.25) is 10.1 Å². The van der Waals surface area contributed by atoms with Crippen molar-refractivity contribution in [3.05, 3.63) is 69.9 Å². The molecule has 29 heavy (non-hydrogen) atoms. The highest BCUT2D eigenvalue weighted by Crippen LogP contribution is 2.25. The lowest BCUT2D eigenvalue weighted by atomic mass is 10.1. The van der Waals surface area contributed by atoms with Gasteiger partial charge in [0.15, 0.2) is 11.5 Å². The van der Waals surface area contributed by atoms with Crippen molar-refractivity contribution in [1.82, 2.24) is 24.4 Å². The van der Waals surface area contributed by atoms with Crippen molar-refractivity contribution in [1.29, 1.82) is 0 Å². The van der Waals surface area contributed by atoms with Crippen LogP contribution in [0.25, 0.3) is 17.2 Å². The van der Waals surface area contributed by atoms with E-state index in [1.165, 1.54) is 0 Å². The summed E-state index contributed by atoms with van der Waals surface area (Å²) in [5.74, 6) is 0.179. The van der Waals surface area contributed by atoms with Gasteiger partial charge in [-0.2, -0.15) is 9.36 Å². The number of nitrogens with one attached hydrogen (secondary N) is 1. The first-order chi connectivity index (χ1) is 13.9. The van der Waals surface area contributed by atoms with Crippen molar-refractivity contribution in [2.75, 3.05) is 5.32 Å². The van der Waals surface area contributed by atoms with E-state index in [1.807, 2.05) is 51.1 Å². The zero-order valence-electron chi connectivity index (χ0n) is 16.0. The average molecular weight is 425 g/mol. The van der Waals surface area contributed by atoms with Crippen LogP contribution in [0.2, 0.25) is 5.02 Å². The van der Waals surface area contributed by atoms with Gasteiger partial charge in [0.25, 0.3) is 5.91 Å². The molecule has 1 N–H and O–H groups in total. The number of amides is 1. The SMILES string of the molecule is Cc1ccc(C(=O)Nc2nc(-c3nnn(-c4ccc(C)c(Cl)c4)c3C)ns2)cc1. The van der Waals surface area contributed by atoms with E-state index < -0.39 is 0 Å². The van der Waals surface area contributed by atoms with Gasteiger partial charge in [0, 0.05) is 22.1 Å². The highest BCUT2D eigenvalue weighted by atomic mass is 35.5. The third kappa shape index (κ3) is 3.90. The molecule has 0 saturated heterocycles. The molecular weight excluding hydrogens is 408 g/mol. The molecule has 0 bridgehead atoms. The van der Waals surface area contributed by atoms with Gasteiger partial charge >= 0.3 is 0 Å². The number of carbonyl (C=O) groups is 1. The first kappa shape index (κ1) is 19.2. The van der Waals surface area contributed by atoms with Crippen molar-refractivity contribution in [3.8, 4) is 17.2 Å². The van der Waals surface area contributed by atoms with E-state index in [-0.39, 0.29) is 5.91 Å². The number of nitrogens with zero attached hydrogens (tertiary/aromatic N) is 5. The van der Waals surface area contributed by atoms with Crippen LogP contribution in [0.1, 0.15) is 27.2 Å². The zero-order chi connectivity index (χ0) is 20.5. The first-order valence-electron chi connectivity index (χ1n) is 8.83. The molecule has 0 saturated carbocycles. The second-order valence-corrected chi connectivity index (χ2v) is 7.77. The lowest BCUT2D eigenvalue weighted by molar-refractivity contribution is 0.102. The fourth-order valence-electron chi connectivity index (χ4n) is 2.74. The maximum atomic E-state index is 12.4. The van der Waals surface area contributed by atoms with Crippen molar-refractivity contribution in [2.45, 2.75) is 20.8 Å². The van der Waals surface area contributed by atoms with Gasteiger partial charge in [-0.15, -0.1) is 5.10 Å². The summed E-state index contributed by atoms with van der Waals surface area (Å²) in [4.78, 5) is 16.8. The topological polar surface area (TPSA) is 85.6 Å². The minimum atomic E-state index is -0.234. The van der Waals surface area contributed by atoms with Crippen LogP contribution in [-0.4, -0.2) is 30.3 Å². The molecule has 0 fully saturated rings. The van der Waals surface area contributed by atoms with Crippen LogP contribution >= 0.6 is 23.1 Å². The minimum absolute atomic E-state index is 0.234. The number of halogens is 1. The maximum absolute atomic E-state index is 12.4. The van der Waals surface area contributed by atoms with Gasteiger partial charge < -0.3 is 0 Å². The summed E-state index contributed by atoms with van der Waals surface area (Å²) in [7, 11) is 0. The second kappa shape index (κ2) is 7.73. The molecule has 2 aromatic heterocycles. The summed E-state index contributed by atoms with van der Waals surface area (Å²) in [6.45, 7) is 5.80. The van der Waals surface area contributed by atoms with Gasteiger partial charge in [0.1, 0.15) is 0 Å². The molecule has 1 amide bonds. The highest BCUT2D eigenvalue weighted by Gasteiger charge is 2.18. The zero-order valence-corrected chi connectivity index (χ0v) is 17.5. The van der Waals surface area contributed by atoms with E-state index in [1.54, 1.807) is 16.8 Å². The van der Waals surface area contributed by atoms with E-state index in [2.05, 4.69) is 25.0 Å². The summed E-state index contributed by atoms with van der Waals surface area (Å²) >= 11 is 7.32. The Balaban J connectivity index is 1.57. The van der Waals surface area contributed by atoms with Crippen molar-refractivity contribution in [2.24, 2.45) is 0 Å².